The van der Waals surface area contributed by atoms with Gasteiger partial charge in [0, 0.05) is 0 Å². The molecule has 0 aromatic heterocycles. The molecule has 0 bridgehead atoms. The summed E-state index contributed by atoms with van der Waals surface area (Å²) >= 11 is 0. The second-order valence-electron chi connectivity index (χ2n) is 4.15. The zero-order valence-electron chi connectivity index (χ0n) is 9.27. The Morgan fingerprint density at radius 1 is 1.17 bits per heavy atom. The third-order valence-electron chi connectivity index (χ3n) is 3.09. The SMILES string of the molecule is [CH2]C(C)C(C)C(CC)CCCC. The second-order valence-corrected chi connectivity index (χ2v) is 4.15. The molecule has 73 valence electrons. The molecule has 12 heavy (non-hydrogen) atoms. The predicted molar refractivity (Wildman–Crippen MR) is 57.0 cm³/mol. The van der Waals surface area contributed by atoms with Crippen molar-refractivity contribution < 1.29 is 0 Å². The van der Waals surface area contributed by atoms with Crippen LogP contribution in [0.4, 0.5) is 0 Å². The summed E-state index contributed by atoms with van der Waals surface area (Å²) in [6, 6.07) is 0. The summed E-state index contributed by atoms with van der Waals surface area (Å²) in [4.78, 5) is 0. The third-order valence-corrected chi connectivity index (χ3v) is 3.09. The van der Waals surface area contributed by atoms with Crippen LogP contribution in [0.25, 0.3) is 0 Å². The molecule has 0 saturated carbocycles. The zero-order chi connectivity index (χ0) is 9.56. The van der Waals surface area contributed by atoms with E-state index >= 15 is 0 Å². The van der Waals surface area contributed by atoms with E-state index in [1.54, 1.807) is 0 Å². The van der Waals surface area contributed by atoms with Crippen molar-refractivity contribution in [2.75, 3.05) is 0 Å². The van der Waals surface area contributed by atoms with Crippen molar-refractivity contribution >= 4 is 0 Å². The summed E-state index contributed by atoms with van der Waals surface area (Å²) in [5.41, 5.74) is 0. The van der Waals surface area contributed by atoms with Crippen LogP contribution in [0.3, 0.4) is 0 Å². The Kier molecular flexibility index (Phi) is 6.51. The van der Waals surface area contributed by atoms with E-state index < -0.39 is 0 Å². The van der Waals surface area contributed by atoms with E-state index in [1.807, 2.05) is 0 Å². The zero-order valence-corrected chi connectivity index (χ0v) is 9.27. The number of hydrogen-bond donors (Lipinski definition) is 0. The van der Waals surface area contributed by atoms with Crippen molar-refractivity contribution in [2.45, 2.75) is 53.4 Å². The Balaban J connectivity index is 3.79. The Labute approximate surface area is 78.8 Å². The highest BCUT2D eigenvalue weighted by atomic mass is 14.2. The predicted octanol–water partition coefficient (Wildman–Crippen LogP) is 4.31. The molecule has 3 atom stereocenters. The second kappa shape index (κ2) is 6.51. The molecule has 0 nitrogen and oxygen atoms in total. The summed E-state index contributed by atoms with van der Waals surface area (Å²) in [5, 5.41) is 0. The highest BCUT2D eigenvalue weighted by Crippen LogP contribution is 2.27. The molecule has 0 N–H and O–H groups in total. The minimum atomic E-state index is 0.604. The lowest BCUT2D eigenvalue weighted by molar-refractivity contribution is 0.266. The van der Waals surface area contributed by atoms with Gasteiger partial charge < -0.3 is 0 Å². The van der Waals surface area contributed by atoms with Gasteiger partial charge in [0.25, 0.3) is 0 Å². The van der Waals surface area contributed by atoms with Gasteiger partial charge in [-0.05, 0) is 17.8 Å². The Morgan fingerprint density at radius 3 is 2.08 bits per heavy atom. The lowest BCUT2D eigenvalue weighted by Gasteiger charge is -2.25. The van der Waals surface area contributed by atoms with E-state index in [9.17, 15) is 0 Å². The van der Waals surface area contributed by atoms with Gasteiger partial charge in [-0.1, -0.05) is 60.3 Å². The van der Waals surface area contributed by atoms with Crippen molar-refractivity contribution in [2.24, 2.45) is 17.8 Å². The van der Waals surface area contributed by atoms with E-state index in [1.165, 1.54) is 25.7 Å². The average molecular weight is 169 g/mol. The number of unbranched alkanes of at least 4 members (excludes halogenated alkanes) is 1. The van der Waals surface area contributed by atoms with E-state index in [-0.39, 0.29) is 0 Å². The summed E-state index contributed by atoms with van der Waals surface area (Å²) in [5.74, 6) is 2.30. The molecular formula is C12H25. The molecule has 0 fully saturated rings. The lowest BCUT2D eigenvalue weighted by atomic mass is 9.80. The summed E-state index contributed by atoms with van der Waals surface area (Å²) in [7, 11) is 0. The maximum atomic E-state index is 4.12. The number of rotatable bonds is 6. The van der Waals surface area contributed by atoms with Gasteiger partial charge in [0.1, 0.15) is 0 Å². The van der Waals surface area contributed by atoms with Gasteiger partial charge in [0.2, 0.25) is 0 Å². The van der Waals surface area contributed by atoms with Crippen molar-refractivity contribution in [3.8, 4) is 0 Å². The summed E-state index contributed by atoms with van der Waals surface area (Å²) in [6.45, 7) is 13.3. The van der Waals surface area contributed by atoms with Crippen LogP contribution < -0.4 is 0 Å². The summed E-state index contributed by atoms with van der Waals surface area (Å²) in [6.07, 6.45) is 5.43. The van der Waals surface area contributed by atoms with Crippen LogP contribution in [0.15, 0.2) is 0 Å². The first-order chi connectivity index (χ1) is 5.63. The van der Waals surface area contributed by atoms with Gasteiger partial charge in [-0.25, -0.2) is 0 Å². The Bertz CT molecular complexity index is 94.2. The molecular weight excluding hydrogens is 144 g/mol. The Morgan fingerprint density at radius 2 is 1.75 bits per heavy atom. The molecule has 0 aromatic rings. The minimum absolute atomic E-state index is 0.604. The first-order valence-electron chi connectivity index (χ1n) is 5.46. The quantitative estimate of drug-likeness (QED) is 0.556. The fourth-order valence-corrected chi connectivity index (χ4v) is 1.77. The molecule has 3 unspecified atom stereocenters. The molecule has 0 aromatic carbocycles. The molecule has 0 heterocycles. The Hall–Kier alpha value is 0. The molecule has 0 saturated heterocycles. The van der Waals surface area contributed by atoms with Crippen LogP contribution in [0, 0.1) is 24.7 Å². The normalized spacial score (nSPS) is 16.5. The molecule has 0 aliphatic rings. The van der Waals surface area contributed by atoms with Gasteiger partial charge >= 0.3 is 0 Å². The average Bonchev–Trinajstić information content (AvgIpc) is 2.05. The van der Waals surface area contributed by atoms with Crippen LogP contribution >= 0.6 is 0 Å². The minimum Gasteiger partial charge on any atom is -0.0654 e. The van der Waals surface area contributed by atoms with Crippen LogP contribution in [-0.4, -0.2) is 0 Å². The fourth-order valence-electron chi connectivity index (χ4n) is 1.77. The first kappa shape index (κ1) is 12.0. The van der Waals surface area contributed by atoms with Crippen LogP contribution in [0.1, 0.15) is 53.4 Å². The standard InChI is InChI=1S/C12H25/c1-6-8-9-12(7-2)11(5)10(3)4/h10-12H,3,6-9H2,1-2,4-5H3. The lowest BCUT2D eigenvalue weighted by Crippen LogP contribution is -2.16. The largest absolute Gasteiger partial charge is 0.0654 e. The fraction of sp³-hybridized carbons (Fsp3) is 0.917. The van der Waals surface area contributed by atoms with Crippen molar-refractivity contribution in [1.82, 2.24) is 0 Å². The molecule has 0 aliphatic carbocycles. The van der Waals surface area contributed by atoms with Crippen LogP contribution in [-0.2, 0) is 0 Å². The maximum Gasteiger partial charge on any atom is -0.0389 e. The molecule has 0 rings (SSSR count). The van der Waals surface area contributed by atoms with Gasteiger partial charge in [0.05, 0.1) is 0 Å². The monoisotopic (exact) mass is 169 g/mol. The van der Waals surface area contributed by atoms with E-state index in [0.717, 1.165) is 11.8 Å². The van der Waals surface area contributed by atoms with Gasteiger partial charge in [0.15, 0.2) is 0 Å². The third kappa shape index (κ3) is 4.13. The van der Waals surface area contributed by atoms with Gasteiger partial charge in [-0.3, -0.25) is 0 Å². The molecule has 0 spiro atoms. The van der Waals surface area contributed by atoms with Crippen LogP contribution in [0.2, 0.25) is 0 Å². The molecule has 1 radical (unpaired) electrons. The molecule has 0 amide bonds. The maximum absolute atomic E-state index is 4.12. The molecule has 0 aliphatic heterocycles. The van der Waals surface area contributed by atoms with E-state index in [4.69, 9.17) is 0 Å². The highest BCUT2D eigenvalue weighted by molar-refractivity contribution is 4.71. The topological polar surface area (TPSA) is 0 Å². The highest BCUT2D eigenvalue weighted by Gasteiger charge is 2.17. The first-order valence-corrected chi connectivity index (χ1v) is 5.46. The van der Waals surface area contributed by atoms with E-state index in [2.05, 4.69) is 34.6 Å². The van der Waals surface area contributed by atoms with Crippen LogP contribution in [0.5, 0.6) is 0 Å². The molecule has 0 heteroatoms. The van der Waals surface area contributed by atoms with Crippen molar-refractivity contribution in [1.29, 1.82) is 0 Å². The van der Waals surface area contributed by atoms with Gasteiger partial charge in [-0.2, -0.15) is 0 Å². The van der Waals surface area contributed by atoms with E-state index in [0.29, 0.717) is 5.92 Å². The van der Waals surface area contributed by atoms with Crippen molar-refractivity contribution in [3.63, 3.8) is 0 Å². The van der Waals surface area contributed by atoms with Gasteiger partial charge in [-0.15, -0.1) is 0 Å². The number of hydrogen-bond acceptors (Lipinski definition) is 0. The smallest absolute Gasteiger partial charge is 0.0389 e. The van der Waals surface area contributed by atoms with Crippen molar-refractivity contribution in [3.05, 3.63) is 6.92 Å². The summed E-state index contributed by atoms with van der Waals surface area (Å²) < 4.78 is 0.